The molecule has 2 aromatic rings. The van der Waals surface area contributed by atoms with E-state index in [1.807, 2.05) is 0 Å². The molecule has 0 spiro atoms. The summed E-state index contributed by atoms with van der Waals surface area (Å²) in [5, 5.41) is 4.33. The van der Waals surface area contributed by atoms with Crippen molar-refractivity contribution >= 4 is 23.7 Å². The van der Waals surface area contributed by atoms with Crippen molar-refractivity contribution in [3.05, 3.63) is 42.0 Å². The van der Waals surface area contributed by atoms with E-state index >= 15 is 4.39 Å². The number of guanidine groups is 1. The Morgan fingerprint density at radius 2 is 1.98 bits per heavy atom. The maximum atomic E-state index is 15.1. The molecule has 2 atom stereocenters. The summed E-state index contributed by atoms with van der Waals surface area (Å²) >= 11 is 0. The van der Waals surface area contributed by atoms with Crippen LogP contribution in [0, 0.1) is 11.7 Å². The molecule has 12 nitrogen and oxygen atoms in total. The van der Waals surface area contributed by atoms with Crippen molar-refractivity contribution in [1.82, 2.24) is 9.97 Å². The predicted molar refractivity (Wildman–Crippen MR) is 147 cm³/mol. The van der Waals surface area contributed by atoms with E-state index in [9.17, 15) is 4.79 Å². The third-order valence-electron chi connectivity index (χ3n) is 6.48. The highest BCUT2D eigenvalue weighted by atomic mass is 19.1. The molecule has 13 heteroatoms. The lowest BCUT2D eigenvalue weighted by atomic mass is 10.1. The maximum Gasteiger partial charge on any atom is 0.437 e. The van der Waals surface area contributed by atoms with E-state index in [2.05, 4.69) is 31.9 Å². The first kappa shape index (κ1) is 29.2. The van der Waals surface area contributed by atoms with Crippen molar-refractivity contribution in [2.45, 2.75) is 51.9 Å². The molecule has 2 fully saturated rings. The molecule has 0 saturated carbocycles. The molecule has 40 heavy (non-hydrogen) atoms. The standard InChI is InChI=1S/C27H36FN7O5/c1-18(15-38-23-7-2-3-12-37-23)16-40-34-21-8-10-35(11-9-21)26-31-13-20(14-32-26)22-6-4-5-19(24(22)28)17-39-27(36)33-25(29)30/h4-6,13-14,18,23H,2-3,7-12,15-17H2,1H3,(H4,29,30,33,36). The number of carbonyl (C=O) groups excluding carboxylic acids is 1. The number of aliphatic imine (C=N–C) groups is 1. The van der Waals surface area contributed by atoms with Crippen molar-refractivity contribution in [1.29, 1.82) is 0 Å². The first-order valence-corrected chi connectivity index (χ1v) is 13.4. The van der Waals surface area contributed by atoms with Crippen LogP contribution in [0.4, 0.5) is 15.1 Å². The Hall–Kier alpha value is -3.84. The molecule has 216 valence electrons. The van der Waals surface area contributed by atoms with Gasteiger partial charge < -0.3 is 35.4 Å². The Kier molecular flexibility index (Phi) is 10.6. The number of rotatable bonds is 10. The molecule has 2 saturated heterocycles. The summed E-state index contributed by atoms with van der Waals surface area (Å²) in [5.41, 5.74) is 12.2. The topological polar surface area (TPSA) is 160 Å². The second kappa shape index (κ2) is 14.5. The number of amides is 1. The van der Waals surface area contributed by atoms with Crippen LogP contribution in [0.25, 0.3) is 11.1 Å². The SMILES string of the molecule is CC(CON=C1CCN(c2ncc(-c3cccc(COC(=O)N=C(N)N)c3F)cn2)CC1)COC1CCCCO1. The minimum atomic E-state index is -0.997. The molecule has 2 aliphatic rings. The molecule has 2 unspecified atom stereocenters. The first-order chi connectivity index (χ1) is 19.4. The average molecular weight is 558 g/mol. The van der Waals surface area contributed by atoms with E-state index in [0.717, 1.165) is 44.4 Å². The zero-order valence-electron chi connectivity index (χ0n) is 22.6. The van der Waals surface area contributed by atoms with Gasteiger partial charge in [0.25, 0.3) is 0 Å². The number of aromatic nitrogens is 2. The number of hydrogen-bond acceptors (Lipinski definition) is 9. The second-order valence-electron chi connectivity index (χ2n) is 9.82. The molecule has 3 heterocycles. The number of ether oxygens (including phenoxy) is 3. The van der Waals surface area contributed by atoms with Crippen LogP contribution >= 0.6 is 0 Å². The number of hydrogen-bond donors (Lipinski definition) is 2. The van der Waals surface area contributed by atoms with Gasteiger partial charge in [-0.3, -0.25) is 0 Å². The molecule has 1 aromatic carbocycles. The number of halogens is 1. The number of benzene rings is 1. The highest BCUT2D eigenvalue weighted by molar-refractivity contribution is 5.88. The van der Waals surface area contributed by atoms with Gasteiger partial charge in [0.1, 0.15) is 19.0 Å². The van der Waals surface area contributed by atoms with E-state index in [-0.39, 0.29) is 29.9 Å². The number of nitrogens with zero attached hydrogens (tertiary/aromatic N) is 5. The van der Waals surface area contributed by atoms with Crippen LogP contribution < -0.4 is 16.4 Å². The quantitative estimate of drug-likeness (QED) is 0.252. The van der Waals surface area contributed by atoms with E-state index in [1.54, 1.807) is 24.5 Å². The van der Waals surface area contributed by atoms with Crippen molar-refractivity contribution < 1.29 is 28.2 Å². The third-order valence-corrected chi connectivity index (χ3v) is 6.48. The molecule has 0 bridgehead atoms. The molecule has 4 rings (SSSR count). The van der Waals surface area contributed by atoms with Gasteiger partial charge in [-0.05, 0) is 19.3 Å². The summed E-state index contributed by atoms with van der Waals surface area (Å²) in [5.74, 6) is -0.202. The molecular formula is C27H36FN7O5. The Balaban J connectivity index is 1.23. The smallest absolute Gasteiger partial charge is 0.437 e. The van der Waals surface area contributed by atoms with E-state index in [0.29, 0.717) is 37.8 Å². The number of oxime groups is 1. The van der Waals surface area contributed by atoms with Gasteiger partial charge in [-0.25, -0.2) is 19.2 Å². The summed E-state index contributed by atoms with van der Waals surface area (Å²) in [6.45, 7) is 4.98. The van der Waals surface area contributed by atoms with Crippen LogP contribution in [0.2, 0.25) is 0 Å². The molecule has 1 aromatic heterocycles. The lowest BCUT2D eigenvalue weighted by Crippen LogP contribution is -2.35. The fourth-order valence-corrected chi connectivity index (χ4v) is 4.29. The van der Waals surface area contributed by atoms with Gasteiger partial charge >= 0.3 is 6.09 Å². The van der Waals surface area contributed by atoms with Crippen molar-refractivity contribution in [3.8, 4) is 11.1 Å². The maximum absolute atomic E-state index is 15.1. The average Bonchev–Trinajstić information content (AvgIpc) is 2.96. The predicted octanol–water partition coefficient (Wildman–Crippen LogP) is 3.34. The zero-order chi connectivity index (χ0) is 28.3. The molecule has 0 radical (unpaired) electrons. The minimum Gasteiger partial charge on any atom is -0.443 e. The fraction of sp³-hybridized carbons (Fsp3) is 0.519. The second-order valence-corrected chi connectivity index (χ2v) is 9.82. The number of anilines is 1. The third kappa shape index (κ3) is 8.58. The summed E-state index contributed by atoms with van der Waals surface area (Å²) in [6.07, 6.45) is 6.72. The van der Waals surface area contributed by atoms with Crippen molar-refractivity contribution in [2.24, 2.45) is 27.5 Å². The fourth-order valence-electron chi connectivity index (χ4n) is 4.29. The van der Waals surface area contributed by atoms with Crippen LogP contribution in [0.15, 0.2) is 40.7 Å². The van der Waals surface area contributed by atoms with Crippen LogP contribution in [0.5, 0.6) is 0 Å². The Labute approximate surface area is 232 Å². The summed E-state index contributed by atoms with van der Waals surface area (Å²) in [7, 11) is 0. The Bertz CT molecular complexity index is 1170. The normalized spacial score (nSPS) is 18.1. The van der Waals surface area contributed by atoms with Crippen LogP contribution in [-0.4, -0.2) is 66.9 Å². The van der Waals surface area contributed by atoms with Gasteiger partial charge in [-0.2, -0.15) is 0 Å². The van der Waals surface area contributed by atoms with Crippen LogP contribution in [-0.2, 0) is 25.7 Å². The summed E-state index contributed by atoms with van der Waals surface area (Å²) in [4.78, 5) is 31.3. The molecule has 4 N–H and O–H groups in total. The van der Waals surface area contributed by atoms with E-state index in [4.69, 9.17) is 30.5 Å². The van der Waals surface area contributed by atoms with Gasteiger partial charge in [0.05, 0.1) is 12.3 Å². The molecular weight excluding hydrogens is 521 g/mol. The van der Waals surface area contributed by atoms with E-state index < -0.39 is 17.9 Å². The van der Waals surface area contributed by atoms with E-state index in [1.165, 1.54) is 6.07 Å². The number of carbonyl (C=O) groups is 1. The van der Waals surface area contributed by atoms with Crippen molar-refractivity contribution in [2.75, 3.05) is 37.8 Å². The Morgan fingerprint density at radius 1 is 1.20 bits per heavy atom. The summed E-state index contributed by atoms with van der Waals surface area (Å²) < 4.78 is 31.4. The highest BCUT2D eigenvalue weighted by Crippen LogP contribution is 2.26. The Morgan fingerprint density at radius 3 is 2.67 bits per heavy atom. The van der Waals surface area contributed by atoms with Gasteiger partial charge in [0.2, 0.25) is 5.95 Å². The van der Waals surface area contributed by atoms with Crippen LogP contribution in [0.3, 0.4) is 0 Å². The largest absolute Gasteiger partial charge is 0.443 e. The van der Waals surface area contributed by atoms with Crippen molar-refractivity contribution in [3.63, 3.8) is 0 Å². The molecule has 0 aliphatic carbocycles. The highest BCUT2D eigenvalue weighted by Gasteiger charge is 2.20. The minimum absolute atomic E-state index is 0.0956. The van der Waals surface area contributed by atoms with Gasteiger partial charge in [-0.1, -0.05) is 30.3 Å². The number of piperidine rings is 1. The van der Waals surface area contributed by atoms with Gasteiger partial charge in [-0.15, -0.1) is 4.99 Å². The van der Waals surface area contributed by atoms with Crippen LogP contribution in [0.1, 0.15) is 44.6 Å². The zero-order valence-corrected chi connectivity index (χ0v) is 22.6. The molecule has 2 aliphatic heterocycles. The van der Waals surface area contributed by atoms with Gasteiger partial charge in [0.15, 0.2) is 12.2 Å². The lowest BCUT2D eigenvalue weighted by Gasteiger charge is -2.27. The summed E-state index contributed by atoms with van der Waals surface area (Å²) in [6, 6.07) is 4.77. The first-order valence-electron chi connectivity index (χ1n) is 13.4. The monoisotopic (exact) mass is 557 g/mol. The lowest BCUT2D eigenvalue weighted by molar-refractivity contribution is -0.170. The molecule has 1 amide bonds. The van der Waals surface area contributed by atoms with Gasteiger partial charge in [0, 0.05) is 67.5 Å². The number of nitrogens with two attached hydrogens (primary N) is 2.